The average molecular weight is 517 g/mol. The molecule has 4 heterocycles. The number of rotatable bonds is 6. The first-order valence-corrected chi connectivity index (χ1v) is 11.7. The number of hydrogen-bond donors (Lipinski definition) is 1. The number of nitrogens with zero attached hydrogens (tertiary/aromatic N) is 4. The SMILES string of the molecule is O=C(OC[C@H]1O[C@@H](n2cnc3c(=O)n4cc[nH]c4nc32)[C@H](OC(=O)c2ccccc2)[C@@H]1F)c1ccccc1. The zero-order chi connectivity index (χ0) is 26.2. The second-order valence-corrected chi connectivity index (χ2v) is 8.60. The number of nitrogens with one attached hydrogen (secondary N) is 1. The molecule has 1 fully saturated rings. The summed E-state index contributed by atoms with van der Waals surface area (Å²) in [5.74, 6) is -1.18. The summed E-state index contributed by atoms with van der Waals surface area (Å²) in [5, 5.41) is 0. The standard InChI is InChI=1S/C26H20FN5O6/c27-18-17(13-36-24(34)15-7-3-1-4-8-15)37-23(20(18)38-25(35)16-9-5-2-6-10-16)32-14-29-19-21(32)30-26-28-11-12-31(26)22(19)33/h1-12,14,17-18,20,23H,13H2,(H,28,30)/t17-,18-,20-,23-/m1/s1. The summed E-state index contributed by atoms with van der Waals surface area (Å²) in [6.45, 7) is -0.436. The first-order chi connectivity index (χ1) is 18.5. The van der Waals surface area contributed by atoms with Crippen molar-refractivity contribution in [3.05, 3.63) is 101 Å². The Kier molecular flexibility index (Phi) is 5.92. The molecule has 0 bridgehead atoms. The number of imidazole rings is 2. The molecule has 6 rings (SSSR count). The summed E-state index contributed by atoms with van der Waals surface area (Å²) < 4.78 is 35.2. The highest BCUT2D eigenvalue weighted by atomic mass is 19.1. The lowest BCUT2D eigenvalue weighted by atomic mass is 10.1. The number of hydrogen-bond acceptors (Lipinski definition) is 8. The van der Waals surface area contributed by atoms with Gasteiger partial charge >= 0.3 is 11.9 Å². The van der Waals surface area contributed by atoms with Crippen LogP contribution < -0.4 is 5.56 Å². The summed E-state index contributed by atoms with van der Waals surface area (Å²) in [6.07, 6.45) is -1.51. The summed E-state index contributed by atoms with van der Waals surface area (Å²) in [4.78, 5) is 49.5. The fourth-order valence-corrected chi connectivity index (χ4v) is 4.35. The number of aromatic amines is 1. The predicted molar refractivity (Wildman–Crippen MR) is 130 cm³/mol. The topological polar surface area (TPSA) is 130 Å². The van der Waals surface area contributed by atoms with Gasteiger partial charge in [0.1, 0.15) is 12.7 Å². The Labute approximate surface area is 213 Å². The van der Waals surface area contributed by atoms with Gasteiger partial charge in [0.05, 0.1) is 17.5 Å². The molecule has 3 aromatic heterocycles. The van der Waals surface area contributed by atoms with E-state index in [1.165, 1.54) is 39.8 Å². The van der Waals surface area contributed by atoms with Crippen LogP contribution in [0.5, 0.6) is 0 Å². The third kappa shape index (κ3) is 4.10. The Morgan fingerprint density at radius 2 is 1.71 bits per heavy atom. The van der Waals surface area contributed by atoms with Crippen LogP contribution in [-0.2, 0) is 14.2 Å². The summed E-state index contributed by atoms with van der Waals surface area (Å²) in [7, 11) is 0. The maximum absolute atomic E-state index is 15.8. The van der Waals surface area contributed by atoms with Crippen molar-refractivity contribution in [3.63, 3.8) is 0 Å². The Bertz CT molecular complexity index is 1680. The van der Waals surface area contributed by atoms with Crippen LogP contribution in [0.1, 0.15) is 26.9 Å². The summed E-state index contributed by atoms with van der Waals surface area (Å²) in [6, 6.07) is 16.4. The molecule has 0 radical (unpaired) electrons. The van der Waals surface area contributed by atoms with Crippen LogP contribution in [0, 0.1) is 0 Å². The van der Waals surface area contributed by atoms with Crippen molar-refractivity contribution in [1.82, 2.24) is 23.9 Å². The van der Waals surface area contributed by atoms with E-state index in [0.29, 0.717) is 5.56 Å². The van der Waals surface area contributed by atoms with Gasteiger partial charge in [0, 0.05) is 12.4 Å². The first-order valence-electron chi connectivity index (χ1n) is 11.7. The van der Waals surface area contributed by atoms with Crippen molar-refractivity contribution in [3.8, 4) is 0 Å². The molecule has 4 atom stereocenters. The molecule has 1 N–H and O–H groups in total. The number of halogens is 1. The molecule has 38 heavy (non-hydrogen) atoms. The smallest absolute Gasteiger partial charge is 0.338 e. The van der Waals surface area contributed by atoms with Crippen molar-refractivity contribution >= 4 is 28.9 Å². The fraction of sp³-hybridized carbons (Fsp3) is 0.192. The Hall–Kier alpha value is -4.84. The lowest BCUT2D eigenvalue weighted by molar-refractivity contribution is -0.0596. The number of aromatic nitrogens is 5. The van der Waals surface area contributed by atoms with Crippen LogP contribution >= 0.6 is 0 Å². The van der Waals surface area contributed by atoms with E-state index in [9.17, 15) is 14.4 Å². The molecule has 0 unspecified atom stereocenters. The Balaban J connectivity index is 1.32. The van der Waals surface area contributed by atoms with Gasteiger partial charge in [-0.05, 0) is 24.3 Å². The highest BCUT2D eigenvalue weighted by Gasteiger charge is 2.50. The minimum atomic E-state index is -1.87. The average Bonchev–Trinajstić information content (AvgIpc) is 3.67. The van der Waals surface area contributed by atoms with Gasteiger partial charge in [-0.25, -0.2) is 19.0 Å². The molecule has 1 saturated heterocycles. The van der Waals surface area contributed by atoms with Gasteiger partial charge in [-0.3, -0.25) is 13.8 Å². The van der Waals surface area contributed by atoms with E-state index < -0.39 is 48.7 Å². The largest absolute Gasteiger partial charge is 0.459 e. The number of alkyl halides is 1. The van der Waals surface area contributed by atoms with Crippen molar-refractivity contribution in [2.75, 3.05) is 6.61 Å². The third-order valence-electron chi connectivity index (χ3n) is 6.24. The van der Waals surface area contributed by atoms with Gasteiger partial charge in [0.25, 0.3) is 5.56 Å². The van der Waals surface area contributed by atoms with Crippen molar-refractivity contribution in [1.29, 1.82) is 0 Å². The van der Waals surface area contributed by atoms with Crippen LogP contribution in [0.3, 0.4) is 0 Å². The molecule has 0 amide bonds. The maximum atomic E-state index is 15.8. The minimum Gasteiger partial charge on any atom is -0.459 e. The van der Waals surface area contributed by atoms with Gasteiger partial charge in [0.2, 0.25) is 5.78 Å². The van der Waals surface area contributed by atoms with E-state index in [1.807, 2.05) is 0 Å². The Morgan fingerprint density at radius 1 is 1.03 bits per heavy atom. The van der Waals surface area contributed by atoms with Crippen molar-refractivity contribution < 1.29 is 28.2 Å². The van der Waals surface area contributed by atoms with E-state index in [1.54, 1.807) is 48.5 Å². The molecule has 192 valence electrons. The molecular formula is C26H20FN5O6. The summed E-state index contributed by atoms with van der Waals surface area (Å²) >= 11 is 0. The molecule has 1 aliphatic heterocycles. The third-order valence-corrected chi connectivity index (χ3v) is 6.24. The number of H-pyrrole nitrogens is 1. The van der Waals surface area contributed by atoms with E-state index >= 15 is 4.39 Å². The molecule has 0 aliphatic carbocycles. The van der Waals surface area contributed by atoms with Gasteiger partial charge in [-0.1, -0.05) is 36.4 Å². The lowest BCUT2D eigenvalue weighted by Gasteiger charge is -2.21. The summed E-state index contributed by atoms with van der Waals surface area (Å²) in [5.41, 5.74) is 0.207. The molecule has 1 aliphatic rings. The normalized spacial score (nSPS) is 21.1. The van der Waals surface area contributed by atoms with E-state index in [0.717, 1.165) is 0 Å². The number of fused-ring (bicyclic) bond motifs is 2. The van der Waals surface area contributed by atoms with Crippen LogP contribution in [0.15, 0.2) is 84.2 Å². The Morgan fingerprint density at radius 3 is 2.42 bits per heavy atom. The molecule has 0 saturated carbocycles. The zero-order valence-corrected chi connectivity index (χ0v) is 19.6. The fourth-order valence-electron chi connectivity index (χ4n) is 4.35. The molecule has 11 nitrogen and oxygen atoms in total. The van der Waals surface area contributed by atoms with Gasteiger partial charge in [-0.15, -0.1) is 0 Å². The predicted octanol–water partition coefficient (Wildman–Crippen LogP) is 2.69. The maximum Gasteiger partial charge on any atom is 0.338 e. The number of ether oxygens (including phenoxy) is 3. The van der Waals surface area contributed by atoms with E-state index in [4.69, 9.17) is 14.2 Å². The van der Waals surface area contributed by atoms with E-state index in [2.05, 4.69) is 15.0 Å². The zero-order valence-electron chi connectivity index (χ0n) is 19.6. The first kappa shape index (κ1) is 23.6. The number of carbonyl (C=O) groups is 2. The second-order valence-electron chi connectivity index (χ2n) is 8.60. The highest BCUT2D eigenvalue weighted by molar-refractivity contribution is 5.90. The lowest BCUT2D eigenvalue weighted by Crippen LogP contribution is -2.35. The van der Waals surface area contributed by atoms with Crippen molar-refractivity contribution in [2.24, 2.45) is 0 Å². The number of carbonyl (C=O) groups excluding carboxylic acids is 2. The number of benzene rings is 2. The van der Waals surface area contributed by atoms with Crippen LogP contribution in [0.4, 0.5) is 4.39 Å². The second kappa shape index (κ2) is 9.56. The van der Waals surface area contributed by atoms with Gasteiger partial charge in [-0.2, -0.15) is 4.98 Å². The molecule has 5 aromatic rings. The molecule has 0 spiro atoms. The van der Waals surface area contributed by atoms with Crippen LogP contribution in [0.2, 0.25) is 0 Å². The van der Waals surface area contributed by atoms with Crippen molar-refractivity contribution in [2.45, 2.75) is 24.6 Å². The molecular weight excluding hydrogens is 497 g/mol. The number of esters is 2. The minimum absolute atomic E-state index is 0.0215. The monoisotopic (exact) mass is 517 g/mol. The van der Waals surface area contributed by atoms with E-state index in [-0.39, 0.29) is 22.5 Å². The van der Waals surface area contributed by atoms with Gasteiger partial charge < -0.3 is 19.2 Å². The quantitative estimate of drug-likeness (QED) is 0.341. The molecule has 2 aromatic carbocycles. The van der Waals surface area contributed by atoms with Crippen LogP contribution in [0.25, 0.3) is 16.9 Å². The van der Waals surface area contributed by atoms with Gasteiger partial charge in [0.15, 0.2) is 29.7 Å². The highest BCUT2D eigenvalue weighted by Crippen LogP contribution is 2.36. The molecule has 12 heteroatoms. The van der Waals surface area contributed by atoms with Crippen LogP contribution in [-0.4, -0.2) is 60.8 Å².